The van der Waals surface area contributed by atoms with Crippen LogP contribution < -0.4 is 5.43 Å². The van der Waals surface area contributed by atoms with Crippen LogP contribution in [0.4, 0.5) is 0 Å². The normalized spacial score (nSPS) is 11.1. The van der Waals surface area contributed by atoms with E-state index in [9.17, 15) is 4.79 Å². The van der Waals surface area contributed by atoms with Crippen molar-refractivity contribution in [3.63, 3.8) is 0 Å². The minimum atomic E-state index is -0.219. The van der Waals surface area contributed by atoms with Crippen LogP contribution in [0.2, 0.25) is 5.02 Å². The van der Waals surface area contributed by atoms with Crippen LogP contribution in [-0.4, -0.2) is 16.7 Å². The summed E-state index contributed by atoms with van der Waals surface area (Å²) < 4.78 is 2.11. The second-order valence-corrected chi connectivity index (χ2v) is 6.59. The van der Waals surface area contributed by atoms with Crippen LogP contribution in [0.15, 0.2) is 59.7 Å². The van der Waals surface area contributed by atoms with E-state index in [0.29, 0.717) is 10.6 Å². The summed E-state index contributed by atoms with van der Waals surface area (Å²) in [5, 5.41) is 4.81. The first kappa shape index (κ1) is 18.0. The zero-order valence-electron chi connectivity index (χ0n) is 15.0. The minimum Gasteiger partial charge on any atom is -0.318 e. The van der Waals surface area contributed by atoms with Gasteiger partial charge < -0.3 is 4.57 Å². The SMILES string of the molecule is Cc1ccccc1C(=O)N/N=C/c1cc(C)n(-c2cccc(Cl)c2)c1C. The van der Waals surface area contributed by atoms with Gasteiger partial charge in [-0.3, -0.25) is 4.79 Å². The molecule has 5 heteroatoms. The standard InChI is InChI=1S/C21H20ClN3O/c1-14-7-4-5-10-20(14)21(26)24-23-13-17-11-15(2)25(16(17)3)19-9-6-8-18(22)12-19/h4-13H,1-3H3,(H,24,26)/b23-13+. The lowest BCUT2D eigenvalue weighted by Crippen LogP contribution is -2.18. The number of hydrogen-bond acceptors (Lipinski definition) is 2. The van der Waals surface area contributed by atoms with E-state index in [4.69, 9.17) is 11.6 Å². The summed E-state index contributed by atoms with van der Waals surface area (Å²) in [5.41, 5.74) is 8.16. The number of halogens is 1. The number of aromatic nitrogens is 1. The van der Waals surface area contributed by atoms with Gasteiger partial charge >= 0.3 is 0 Å². The number of carbonyl (C=O) groups excluding carboxylic acids is 1. The average Bonchev–Trinajstić information content (AvgIpc) is 2.89. The van der Waals surface area contributed by atoms with Crippen LogP contribution >= 0.6 is 11.6 Å². The molecule has 1 amide bonds. The van der Waals surface area contributed by atoms with E-state index < -0.39 is 0 Å². The molecule has 0 radical (unpaired) electrons. The monoisotopic (exact) mass is 365 g/mol. The van der Waals surface area contributed by atoms with E-state index in [1.807, 2.05) is 69.3 Å². The molecule has 3 aromatic rings. The van der Waals surface area contributed by atoms with Crippen molar-refractivity contribution in [3.05, 3.63) is 87.7 Å². The van der Waals surface area contributed by atoms with Crippen molar-refractivity contribution in [1.82, 2.24) is 9.99 Å². The zero-order valence-corrected chi connectivity index (χ0v) is 15.7. The number of nitrogens with one attached hydrogen (secondary N) is 1. The lowest BCUT2D eigenvalue weighted by Gasteiger charge is -2.09. The van der Waals surface area contributed by atoms with Crippen LogP contribution in [0.5, 0.6) is 0 Å². The number of hydrogen-bond donors (Lipinski definition) is 1. The maximum atomic E-state index is 12.2. The molecule has 0 spiro atoms. The summed E-state index contributed by atoms with van der Waals surface area (Å²) in [6.45, 7) is 5.94. The van der Waals surface area contributed by atoms with Gasteiger partial charge in [-0.05, 0) is 56.7 Å². The topological polar surface area (TPSA) is 46.4 Å². The molecule has 1 aromatic heterocycles. The molecule has 26 heavy (non-hydrogen) atoms. The van der Waals surface area contributed by atoms with Crippen LogP contribution in [-0.2, 0) is 0 Å². The third-order valence-electron chi connectivity index (χ3n) is 4.30. The Morgan fingerprint density at radius 2 is 1.85 bits per heavy atom. The largest absolute Gasteiger partial charge is 0.318 e. The Balaban J connectivity index is 1.81. The van der Waals surface area contributed by atoms with E-state index in [0.717, 1.165) is 28.2 Å². The molecule has 0 aliphatic rings. The van der Waals surface area contributed by atoms with Gasteiger partial charge in [0.15, 0.2) is 0 Å². The number of carbonyl (C=O) groups is 1. The van der Waals surface area contributed by atoms with Crippen molar-refractivity contribution < 1.29 is 4.79 Å². The van der Waals surface area contributed by atoms with E-state index in [1.165, 1.54) is 0 Å². The summed E-state index contributed by atoms with van der Waals surface area (Å²) in [4.78, 5) is 12.2. The van der Waals surface area contributed by atoms with Crippen molar-refractivity contribution in [2.24, 2.45) is 5.10 Å². The lowest BCUT2D eigenvalue weighted by molar-refractivity contribution is 0.0954. The molecule has 1 N–H and O–H groups in total. The number of rotatable bonds is 4. The first-order valence-corrected chi connectivity index (χ1v) is 8.69. The van der Waals surface area contributed by atoms with Crippen molar-refractivity contribution >= 4 is 23.7 Å². The molecule has 0 saturated carbocycles. The number of amides is 1. The molecule has 0 bridgehead atoms. The highest BCUT2D eigenvalue weighted by molar-refractivity contribution is 6.30. The summed E-state index contributed by atoms with van der Waals surface area (Å²) in [7, 11) is 0. The first-order valence-electron chi connectivity index (χ1n) is 8.31. The van der Waals surface area contributed by atoms with Crippen LogP contribution in [0, 0.1) is 20.8 Å². The molecule has 3 rings (SSSR count). The summed E-state index contributed by atoms with van der Waals surface area (Å²) in [5.74, 6) is -0.219. The van der Waals surface area contributed by atoms with Crippen molar-refractivity contribution in [3.8, 4) is 5.69 Å². The molecular formula is C21H20ClN3O. The highest BCUT2D eigenvalue weighted by Gasteiger charge is 2.10. The Morgan fingerprint density at radius 3 is 2.58 bits per heavy atom. The van der Waals surface area contributed by atoms with Crippen molar-refractivity contribution in [2.75, 3.05) is 0 Å². The molecule has 0 aliphatic heterocycles. The highest BCUT2D eigenvalue weighted by atomic mass is 35.5. The molecule has 132 valence electrons. The Labute approximate surface area is 158 Å². The fourth-order valence-corrected chi connectivity index (χ4v) is 3.16. The van der Waals surface area contributed by atoms with Crippen LogP contribution in [0.3, 0.4) is 0 Å². The fraction of sp³-hybridized carbons (Fsp3) is 0.143. The van der Waals surface area contributed by atoms with Gasteiger partial charge in [-0.15, -0.1) is 0 Å². The quantitative estimate of drug-likeness (QED) is 0.523. The molecule has 0 unspecified atom stereocenters. The third kappa shape index (κ3) is 3.70. The van der Waals surface area contributed by atoms with Gasteiger partial charge in [-0.25, -0.2) is 5.43 Å². The van der Waals surface area contributed by atoms with Gasteiger partial charge in [0.25, 0.3) is 5.91 Å². The molecule has 0 aliphatic carbocycles. The van der Waals surface area contributed by atoms with Gasteiger partial charge in [0.1, 0.15) is 0 Å². The van der Waals surface area contributed by atoms with Crippen LogP contribution in [0.25, 0.3) is 5.69 Å². The zero-order chi connectivity index (χ0) is 18.7. The van der Waals surface area contributed by atoms with E-state index in [1.54, 1.807) is 12.3 Å². The molecule has 0 atom stereocenters. The predicted octanol–water partition coefficient (Wildman–Crippen LogP) is 4.82. The molecule has 4 nitrogen and oxygen atoms in total. The molecule has 0 fully saturated rings. The van der Waals surface area contributed by atoms with Gasteiger partial charge in [-0.2, -0.15) is 5.10 Å². The molecule has 2 aromatic carbocycles. The highest BCUT2D eigenvalue weighted by Crippen LogP contribution is 2.22. The number of nitrogens with zero attached hydrogens (tertiary/aromatic N) is 2. The summed E-state index contributed by atoms with van der Waals surface area (Å²) in [6, 6.07) is 17.1. The fourth-order valence-electron chi connectivity index (χ4n) is 2.98. The van der Waals surface area contributed by atoms with Crippen molar-refractivity contribution in [1.29, 1.82) is 0 Å². The van der Waals surface area contributed by atoms with Gasteiger partial charge in [0.05, 0.1) is 6.21 Å². The number of hydrazone groups is 1. The average molecular weight is 366 g/mol. The second-order valence-electron chi connectivity index (χ2n) is 6.16. The smallest absolute Gasteiger partial charge is 0.271 e. The summed E-state index contributed by atoms with van der Waals surface area (Å²) in [6.07, 6.45) is 1.67. The number of aryl methyl sites for hydroxylation is 2. The first-order chi connectivity index (χ1) is 12.5. The predicted molar refractivity (Wildman–Crippen MR) is 106 cm³/mol. The Bertz CT molecular complexity index is 989. The Kier molecular flexibility index (Phi) is 5.24. The molecule has 0 saturated heterocycles. The van der Waals surface area contributed by atoms with Gasteiger partial charge in [0.2, 0.25) is 0 Å². The maximum absolute atomic E-state index is 12.2. The van der Waals surface area contributed by atoms with Gasteiger partial charge in [-0.1, -0.05) is 35.9 Å². The molecular weight excluding hydrogens is 346 g/mol. The van der Waals surface area contributed by atoms with Gasteiger partial charge in [0, 0.05) is 33.2 Å². The number of benzene rings is 2. The molecule has 1 heterocycles. The Morgan fingerprint density at radius 1 is 1.08 bits per heavy atom. The van der Waals surface area contributed by atoms with Crippen LogP contribution in [0.1, 0.15) is 32.9 Å². The Hall–Kier alpha value is -2.85. The second kappa shape index (κ2) is 7.58. The lowest BCUT2D eigenvalue weighted by atomic mass is 10.1. The third-order valence-corrected chi connectivity index (χ3v) is 4.53. The van der Waals surface area contributed by atoms with E-state index in [2.05, 4.69) is 15.1 Å². The van der Waals surface area contributed by atoms with E-state index >= 15 is 0 Å². The van der Waals surface area contributed by atoms with Crippen molar-refractivity contribution in [2.45, 2.75) is 20.8 Å². The summed E-state index contributed by atoms with van der Waals surface area (Å²) >= 11 is 6.11. The minimum absolute atomic E-state index is 0.219. The maximum Gasteiger partial charge on any atom is 0.271 e. The van der Waals surface area contributed by atoms with E-state index in [-0.39, 0.29) is 5.91 Å².